The quantitative estimate of drug-likeness (QED) is 0.881. The Labute approximate surface area is 136 Å². The third-order valence-corrected chi connectivity index (χ3v) is 3.27. The summed E-state index contributed by atoms with van der Waals surface area (Å²) in [6, 6.07) is 6.88. The van der Waals surface area contributed by atoms with Crippen LogP contribution in [0.25, 0.3) is 0 Å². The van der Waals surface area contributed by atoms with Crippen LogP contribution in [-0.4, -0.2) is 18.4 Å². The number of hydrogen-bond donors (Lipinski definition) is 2. The van der Waals surface area contributed by atoms with Gasteiger partial charge in [0.15, 0.2) is 0 Å². The Morgan fingerprint density at radius 2 is 1.75 bits per heavy atom. The lowest BCUT2D eigenvalue weighted by atomic mass is 10.2. The molecule has 0 unspecified atom stereocenters. The summed E-state index contributed by atoms with van der Waals surface area (Å²) in [5.41, 5.74) is 0.456. The SMILES string of the molecule is Cc1ccc(NC(=O)CCNC(=O)c2ccc(F)cc2F)cc1F. The van der Waals surface area contributed by atoms with Crippen molar-refractivity contribution in [2.75, 3.05) is 11.9 Å². The molecule has 0 aliphatic carbocycles. The summed E-state index contributed by atoms with van der Waals surface area (Å²) < 4.78 is 39.6. The highest BCUT2D eigenvalue weighted by Gasteiger charge is 2.12. The molecule has 24 heavy (non-hydrogen) atoms. The van der Waals surface area contributed by atoms with Gasteiger partial charge in [0.1, 0.15) is 17.5 Å². The van der Waals surface area contributed by atoms with Crippen LogP contribution in [0.3, 0.4) is 0 Å². The van der Waals surface area contributed by atoms with Crippen LogP contribution < -0.4 is 10.6 Å². The van der Waals surface area contributed by atoms with Crippen molar-refractivity contribution in [3.8, 4) is 0 Å². The number of rotatable bonds is 5. The molecule has 0 spiro atoms. The molecule has 0 fully saturated rings. The van der Waals surface area contributed by atoms with Crippen LogP contribution in [0.4, 0.5) is 18.9 Å². The normalized spacial score (nSPS) is 10.3. The molecule has 2 aromatic rings. The monoisotopic (exact) mass is 336 g/mol. The highest BCUT2D eigenvalue weighted by atomic mass is 19.1. The smallest absolute Gasteiger partial charge is 0.254 e. The van der Waals surface area contributed by atoms with Crippen LogP contribution in [0, 0.1) is 24.4 Å². The molecular weight excluding hydrogens is 321 g/mol. The molecule has 0 aromatic heterocycles. The van der Waals surface area contributed by atoms with Crippen LogP contribution in [0.5, 0.6) is 0 Å². The van der Waals surface area contributed by atoms with Crippen molar-refractivity contribution in [1.29, 1.82) is 0 Å². The molecule has 4 nitrogen and oxygen atoms in total. The second-order valence-electron chi connectivity index (χ2n) is 5.14. The van der Waals surface area contributed by atoms with Gasteiger partial charge in [0.05, 0.1) is 5.56 Å². The van der Waals surface area contributed by atoms with E-state index in [1.54, 1.807) is 13.0 Å². The maximum atomic E-state index is 13.4. The molecule has 2 aromatic carbocycles. The first-order chi connectivity index (χ1) is 11.4. The highest BCUT2D eigenvalue weighted by Crippen LogP contribution is 2.13. The van der Waals surface area contributed by atoms with Gasteiger partial charge >= 0.3 is 0 Å². The molecule has 2 amide bonds. The van der Waals surface area contributed by atoms with E-state index in [1.165, 1.54) is 12.1 Å². The summed E-state index contributed by atoms with van der Waals surface area (Å²) in [6.07, 6.45) is -0.0793. The van der Waals surface area contributed by atoms with E-state index in [9.17, 15) is 22.8 Å². The number of aryl methyl sites for hydroxylation is 1. The fourth-order valence-electron chi connectivity index (χ4n) is 1.95. The zero-order valence-electron chi connectivity index (χ0n) is 12.8. The average molecular weight is 336 g/mol. The van der Waals surface area contributed by atoms with E-state index in [-0.39, 0.29) is 18.5 Å². The fourth-order valence-corrected chi connectivity index (χ4v) is 1.95. The molecule has 0 heterocycles. The summed E-state index contributed by atoms with van der Waals surface area (Å²) in [4.78, 5) is 23.5. The first-order valence-electron chi connectivity index (χ1n) is 7.16. The molecule has 2 rings (SSSR count). The number of benzene rings is 2. The van der Waals surface area contributed by atoms with Crippen molar-refractivity contribution in [3.63, 3.8) is 0 Å². The van der Waals surface area contributed by atoms with E-state index in [2.05, 4.69) is 10.6 Å². The number of nitrogens with one attached hydrogen (secondary N) is 2. The Bertz CT molecular complexity index is 778. The zero-order valence-corrected chi connectivity index (χ0v) is 12.8. The number of halogens is 3. The number of carbonyl (C=O) groups excluding carboxylic acids is 2. The third kappa shape index (κ3) is 4.58. The molecule has 2 N–H and O–H groups in total. The van der Waals surface area contributed by atoms with E-state index in [0.717, 1.165) is 12.1 Å². The predicted octanol–water partition coefficient (Wildman–Crippen LogP) is 3.17. The minimum atomic E-state index is -0.980. The van der Waals surface area contributed by atoms with Gasteiger partial charge in [0, 0.05) is 24.7 Å². The Hall–Kier alpha value is -2.83. The van der Waals surface area contributed by atoms with Gasteiger partial charge in [-0.3, -0.25) is 9.59 Å². The van der Waals surface area contributed by atoms with E-state index in [4.69, 9.17) is 0 Å². The predicted molar refractivity (Wildman–Crippen MR) is 83.1 cm³/mol. The number of anilines is 1. The molecule has 126 valence electrons. The number of amides is 2. The van der Waals surface area contributed by atoms with Gasteiger partial charge in [0.25, 0.3) is 5.91 Å². The summed E-state index contributed by atoms with van der Waals surface area (Å²) in [6.45, 7) is 1.56. The molecular formula is C17H15F3N2O2. The Morgan fingerprint density at radius 3 is 2.42 bits per heavy atom. The summed E-state index contributed by atoms with van der Waals surface area (Å²) in [7, 11) is 0. The first-order valence-corrected chi connectivity index (χ1v) is 7.16. The van der Waals surface area contributed by atoms with Crippen molar-refractivity contribution in [3.05, 3.63) is 65.0 Å². The lowest BCUT2D eigenvalue weighted by Gasteiger charge is -2.08. The van der Waals surface area contributed by atoms with Gasteiger partial charge in [-0.2, -0.15) is 0 Å². The summed E-state index contributed by atoms with van der Waals surface area (Å²) >= 11 is 0. The average Bonchev–Trinajstić information content (AvgIpc) is 2.50. The Morgan fingerprint density at radius 1 is 1.00 bits per heavy atom. The van der Waals surface area contributed by atoms with Crippen molar-refractivity contribution >= 4 is 17.5 Å². The summed E-state index contributed by atoms with van der Waals surface area (Å²) in [5.74, 6) is -3.38. The van der Waals surface area contributed by atoms with Crippen molar-refractivity contribution in [2.24, 2.45) is 0 Å². The molecule has 0 bridgehead atoms. The lowest BCUT2D eigenvalue weighted by Crippen LogP contribution is -2.28. The first kappa shape index (κ1) is 17.5. The number of hydrogen-bond acceptors (Lipinski definition) is 2. The van der Waals surface area contributed by atoms with E-state index in [0.29, 0.717) is 17.3 Å². The minimum Gasteiger partial charge on any atom is -0.351 e. The largest absolute Gasteiger partial charge is 0.351 e. The second kappa shape index (κ2) is 7.63. The van der Waals surface area contributed by atoms with Gasteiger partial charge < -0.3 is 10.6 Å². The Kier molecular flexibility index (Phi) is 5.57. The zero-order chi connectivity index (χ0) is 17.7. The minimum absolute atomic E-state index is 0.0458. The lowest BCUT2D eigenvalue weighted by molar-refractivity contribution is -0.116. The van der Waals surface area contributed by atoms with Gasteiger partial charge in [-0.15, -0.1) is 0 Å². The van der Waals surface area contributed by atoms with Crippen molar-refractivity contribution < 1.29 is 22.8 Å². The standard InChI is InChI=1S/C17H15F3N2O2/c1-10-2-4-12(9-14(10)19)22-16(23)6-7-21-17(24)13-5-3-11(18)8-15(13)20/h2-5,8-9H,6-7H2,1H3,(H,21,24)(H,22,23). The van der Waals surface area contributed by atoms with Gasteiger partial charge in [-0.1, -0.05) is 6.07 Å². The number of carbonyl (C=O) groups is 2. The second-order valence-corrected chi connectivity index (χ2v) is 5.14. The maximum Gasteiger partial charge on any atom is 0.254 e. The van der Waals surface area contributed by atoms with Crippen molar-refractivity contribution in [1.82, 2.24) is 5.32 Å². The van der Waals surface area contributed by atoms with Gasteiger partial charge in [-0.05, 0) is 36.8 Å². The van der Waals surface area contributed by atoms with Crippen LogP contribution in [0.2, 0.25) is 0 Å². The summed E-state index contributed by atoms with van der Waals surface area (Å²) in [5, 5.41) is 4.85. The van der Waals surface area contributed by atoms with E-state index in [1.807, 2.05) is 0 Å². The van der Waals surface area contributed by atoms with Gasteiger partial charge in [0.2, 0.25) is 5.91 Å². The van der Waals surface area contributed by atoms with Gasteiger partial charge in [-0.25, -0.2) is 13.2 Å². The molecule has 0 radical (unpaired) electrons. The van der Waals surface area contributed by atoms with Crippen LogP contribution in [0.15, 0.2) is 36.4 Å². The molecule has 7 heteroatoms. The molecule has 0 saturated heterocycles. The molecule has 0 aliphatic heterocycles. The fraction of sp³-hybridized carbons (Fsp3) is 0.176. The van der Waals surface area contributed by atoms with Crippen LogP contribution in [0.1, 0.15) is 22.3 Å². The highest BCUT2D eigenvalue weighted by molar-refractivity contribution is 5.95. The van der Waals surface area contributed by atoms with E-state index < -0.39 is 29.3 Å². The third-order valence-electron chi connectivity index (χ3n) is 3.27. The Balaban J connectivity index is 1.83. The molecule has 0 aliphatic rings. The molecule has 0 saturated carbocycles. The molecule has 0 atom stereocenters. The maximum absolute atomic E-state index is 13.4. The van der Waals surface area contributed by atoms with E-state index >= 15 is 0 Å². The van der Waals surface area contributed by atoms with Crippen LogP contribution in [-0.2, 0) is 4.79 Å². The van der Waals surface area contributed by atoms with Crippen molar-refractivity contribution in [2.45, 2.75) is 13.3 Å². The topological polar surface area (TPSA) is 58.2 Å². The van der Waals surface area contributed by atoms with Crippen LogP contribution >= 0.6 is 0 Å².